The van der Waals surface area contributed by atoms with Gasteiger partial charge in [-0.15, -0.1) is 11.3 Å². The van der Waals surface area contributed by atoms with Crippen LogP contribution >= 0.6 is 11.3 Å². The van der Waals surface area contributed by atoms with Crippen LogP contribution in [0.3, 0.4) is 0 Å². The number of aryl methyl sites for hydroxylation is 1. The van der Waals surface area contributed by atoms with Crippen LogP contribution in [0.1, 0.15) is 36.8 Å². The Morgan fingerprint density at radius 3 is 2.82 bits per heavy atom. The summed E-state index contributed by atoms with van der Waals surface area (Å²) in [4.78, 5) is 11.3. The third kappa shape index (κ3) is 2.33. The highest BCUT2D eigenvalue weighted by Crippen LogP contribution is 2.31. The second kappa shape index (κ2) is 5.10. The molecule has 0 saturated carbocycles. The van der Waals surface area contributed by atoms with Crippen molar-refractivity contribution < 1.29 is 0 Å². The van der Waals surface area contributed by atoms with Gasteiger partial charge >= 0.3 is 0 Å². The van der Waals surface area contributed by atoms with Crippen molar-refractivity contribution in [3.63, 3.8) is 0 Å². The summed E-state index contributed by atoms with van der Waals surface area (Å²) in [6.07, 6.45) is 2.78. The molecule has 2 heterocycles. The Labute approximate surface area is 106 Å². The molecule has 0 aliphatic carbocycles. The molecule has 0 saturated heterocycles. The van der Waals surface area contributed by atoms with Gasteiger partial charge in [-0.25, -0.2) is 9.97 Å². The van der Waals surface area contributed by atoms with Crippen LogP contribution in [-0.4, -0.2) is 23.1 Å². The van der Waals surface area contributed by atoms with Crippen molar-refractivity contribution in [3.05, 3.63) is 23.0 Å². The third-order valence-corrected chi connectivity index (χ3v) is 4.29. The second-order valence-corrected chi connectivity index (χ2v) is 5.66. The first-order valence-electron chi connectivity index (χ1n) is 6.05. The fourth-order valence-electron chi connectivity index (χ4n) is 2.27. The normalized spacial score (nSPS) is 15.1. The van der Waals surface area contributed by atoms with Gasteiger partial charge in [0.05, 0.1) is 5.69 Å². The number of aromatic nitrogens is 2. The number of likely N-dealkylation sites (N-methyl/N-ethyl adjacent to an activating group) is 1. The maximum absolute atomic E-state index is 4.52. The van der Waals surface area contributed by atoms with Gasteiger partial charge in [-0.1, -0.05) is 6.92 Å². The number of fused-ring (bicyclic) bond motifs is 1. The summed E-state index contributed by atoms with van der Waals surface area (Å²) in [6, 6.07) is 2.64. The molecule has 17 heavy (non-hydrogen) atoms. The standard InChI is InChI=1S/C13H19N3S/c1-5-10(9(3)14-4)12-11-6-8(2)17-13(11)16-7-15-12/h6-7,9-10,14H,5H2,1-4H3. The molecule has 3 nitrogen and oxygen atoms in total. The van der Waals surface area contributed by atoms with E-state index >= 15 is 0 Å². The van der Waals surface area contributed by atoms with E-state index in [0.717, 1.165) is 11.3 Å². The molecule has 0 bridgehead atoms. The van der Waals surface area contributed by atoms with Crippen LogP contribution < -0.4 is 5.32 Å². The number of nitrogens with zero attached hydrogens (tertiary/aromatic N) is 2. The number of nitrogens with one attached hydrogen (secondary N) is 1. The van der Waals surface area contributed by atoms with Crippen LogP contribution in [0, 0.1) is 6.92 Å². The fourth-order valence-corrected chi connectivity index (χ4v) is 3.13. The van der Waals surface area contributed by atoms with Crippen LogP contribution in [0.2, 0.25) is 0 Å². The highest BCUT2D eigenvalue weighted by molar-refractivity contribution is 7.18. The van der Waals surface area contributed by atoms with Crippen molar-refractivity contribution in [2.24, 2.45) is 0 Å². The van der Waals surface area contributed by atoms with Gasteiger partial charge in [0.2, 0.25) is 0 Å². The lowest BCUT2D eigenvalue weighted by atomic mass is 9.93. The van der Waals surface area contributed by atoms with Gasteiger partial charge in [0.25, 0.3) is 0 Å². The molecular formula is C13H19N3S. The topological polar surface area (TPSA) is 37.8 Å². The average Bonchev–Trinajstić information content (AvgIpc) is 2.70. The lowest BCUT2D eigenvalue weighted by molar-refractivity contribution is 0.477. The van der Waals surface area contributed by atoms with Crippen molar-refractivity contribution in [2.45, 2.75) is 39.2 Å². The lowest BCUT2D eigenvalue weighted by Gasteiger charge is -2.22. The molecule has 0 radical (unpaired) electrons. The highest BCUT2D eigenvalue weighted by atomic mass is 32.1. The van der Waals surface area contributed by atoms with Crippen molar-refractivity contribution in [3.8, 4) is 0 Å². The van der Waals surface area contributed by atoms with Gasteiger partial charge in [-0.3, -0.25) is 0 Å². The van der Waals surface area contributed by atoms with Gasteiger partial charge in [-0.05, 0) is 33.4 Å². The molecule has 2 atom stereocenters. The number of hydrogen-bond acceptors (Lipinski definition) is 4. The molecule has 0 fully saturated rings. The molecule has 1 N–H and O–H groups in total. The van der Waals surface area contributed by atoms with Crippen LogP contribution in [0.5, 0.6) is 0 Å². The SMILES string of the molecule is CCC(c1ncnc2sc(C)cc12)C(C)NC. The zero-order chi connectivity index (χ0) is 12.4. The molecule has 4 heteroatoms. The summed E-state index contributed by atoms with van der Waals surface area (Å²) in [5, 5.41) is 4.55. The monoisotopic (exact) mass is 249 g/mol. The Kier molecular flexibility index (Phi) is 3.74. The first-order chi connectivity index (χ1) is 8.17. The Morgan fingerprint density at radius 1 is 1.41 bits per heavy atom. The molecule has 92 valence electrons. The van der Waals surface area contributed by atoms with Gasteiger partial charge in [0, 0.05) is 22.2 Å². The number of rotatable bonds is 4. The zero-order valence-corrected chi connectivity index (χ0v) is 11.6. The first kappa shape index (κ1) is 12.5. The minimum absolute atomic E-state index is 0.429. The third-order valence-electron chi connectivity index (χ3n) is 3.33. The summed E-state index contributed by atoms with van der Waals surface area (Å²) < 4.78 is 0. The van der Waals surface area contributed by atoms with Crippen molar-refractivity contribution >= 4 is 21.6 Å². The molecule has 2 unspecified atom stereocenters. The van der Waals surface area contributed by atoms with E-state index in [9.17, 15) is 0 Å². The van der Waals surface area contributed by atoms with E-state index in [0.29, 0.717) is 12.0 Å². The summed E-state index contributed by atoms with van der Waals surface area (Å²) in [5.41, 5.74) is 1.18. The second-order valence-electron chi connectivity index (χ2n) is 4.43. The molecule has 0 aliphatic rings. The maximum atomic E-state index is 4.52. The predicted octanol–water partition coefficient (Wildman–Crippen LogP) is 3.10. The Morgan fingerprint density at radius 2 is 2.18 bits per heavy atom. The van der Waals surface area contributed by atoms with Crippen LogP contribution in [0.25, 0.3) is 10.2 Å². The molecular weight excluding hydrogens is 230 g/mol. The number of thiophene rings is 1. The van der Waals surface area contributed by atoms with Gasteiger partial charge in [-0.2, -0.15) is 0 Å². The average molecular weight is 249 g/mol. The molecule has 2 aromatic rings. The zero-order valence-electron chi connectivity index (χ0n) is 10.8. The summed E-state index contributed by atoms with van der Waals surface area (Å²) >= 11 is 1.74. The molecule has 0 aliphatic heterocycles. The van der Waals surface area contributed by atoms with Crippen molar-refractivity contribution in [1.29, 1.82) is 0 Å². The van der Waals surface area contributed by atoms with Gasteiger partial charge < -0.3 is 5.32 Å². The summed E-state index contributed by atoms with van der Waals surface area (Å²) in [6.45, 7) is 6.55. The molecule has 0 aromatic carbocycles. The van der Waals surface area contributed by atoms with E-state index in [1.165, 1.54) is 16.0 Å². The van der Waals surface area contributed by atoms with E-state index in [-0.39, 0.29) is 0 Å². The van der Waals surface area contributed by atoms with E-state index in [1.54, 1.807) is 17.7 Å². The molecule has 2 rings (SSSR count). The van der Waals surface area contributed by atoms with Gasteiger partial charge in [0.1, 0.15) is 11.2 Å². The Bertz CT molecular complexity index is 506. The largest absolute Gasteiger partial charge is 0.317 e. The summed E-state index contributed by atoms with van der Waals surface area (Å²) in [5.74, 6) is 0.444. The lowest BCUT2D eigenvalue weighted by Crippen LogP contribution is -2.29. The van der Waals surface area contributed by atoms with E-state index < -0.39 is 0 Å². The molecule has 0 spiro atoms. The Balaban J connectivity index is 2.52. The van der Waals surface area contributed by atoms with E-state index in [4.69, 9.17) is 0 Å². The van der Waals surface area contributed by atoms with Crippen molar-refractivity contribution in [2.75, 3.05) is 7.05 Å². The Hall–Kier alpha value is -1.00. The van der Waals surface area contributed by atoms with Crippen LogP contribution in [-0.2, 0) is 0 Å². The quantitative estimate of drug-likeness (QED) is 0.904. The van der Waals surface area contributed by atoms with Crippen LogP contribution in [0.15, 0.2) is 12.4 Å². The minimum atomic E-state index is 0.429. The first-order valence-corrected chi connectivity index (χ1v) is 6.87. The molecule has 2 aromatic heterocycles. The number of hydrogen-bond donors (Lipinski definition) is 1. The fraction of sp³-hybridized carbons (Fsp3) is 0.538. The van der Waals surface area contributed by atoms with Crippen LogP contribution in [0.4, 0.5) is 0 Å². The smallest absolute Gasteiger partial charge is 0.127 e. The predicted molar refractivity (Wildman–Crippen MR) is 73.7 cm³/mol. The highest BCUT2D eigenvalue weighted by Gasteiger charge is 2.20. The van der Waals surface area contributed by atoms with Crippen molar-refractivity contribution in [1.82, 2.24) is 15.3 Å². The van der Waals surface area contributed by atoms with E-state index in [2.05, 4.69) is 42.1 Å². The van der Waals surface area contributed by atoms with E-state index in [1.807, 2.05) is 7.05 Å². The molecule has 0 amide bonds. The van der Waals surface area contributed by atoms with Gasteiger partial charge in [0.15, 0.2) is 0 Å². The summed E-state index contributed by atoms with van der Waals surface area (Å²) in [7, 11) is 2.00. The minimum Gasteiger partial charge on any atom is -0.317 e. The maximum Gasteiger partial charge on any atom is 0.127 e.